The van der Waals surface area contributed by atoms with Crippen LogP contribution in [-0.4, -0.2) is 4.92 Å². The second kappa shape index (κ2) is 3.52. The maximum atomic E-state index is 10.4. The molecule has 0 fully saturated rings. The maximum Gasteiger partial charge on any atom is 0.265 e. The molecular formula is C9H13NO2. The molecule has 0 spiro atoms. The van der Waals surface area contributed by atoms with Gasteiger partial charge in [-0.15, -0.1) is 0 Å². The molecule has 0 aromatic rings. The fraction of sp³-hybridized carbons (Fsp3) is 0.556. The fourth-order valence-corrected chi connectivity index (χ4v) is 1.28. The summed E-state index contributed by atoms with van der Waals surface area (Å²) in [5.41, 5.74) is 0.236. The molecule has 1 atom stereocenters. The summed E-state index contributed by atoms with van der Waals surface area (Å²) in [5, 5.41) is 10.4. The van der Waals surface area contributed by atoms with Crippen molar-refractivity contribution in [2.45, 2.75) is 20.3 Å². The average Bonchev–Trinajstić information content (AvgIpc) is 2.04. The van der Waals surface area contributed by atoms with E-state index in [0.717, 1.165) is 6.42 Å². The highest BCUT2D eigenvalue weighted by molar-refractivity contribution is 5.17. The molecule has 1 rings (SSSR count). The quantitative estimate of drug-likeness (QED) is 0.468. The standard InChI is InChI=1S/C9H13NO2/c1-7(2)8-4-3-5-9(6-8)10(11)12/h3,5-8H,4H2,1-2H3. The third-order valence-electron chi connectivity index (χ3n) is 2.15. The third-order valence-corrected chi connectivity index (χ3v) is 2.15. The minimum Gasteiger partial charge on any atom is -0.258 e. The molecule has 0 aliphatic heterocycles. The molecule has 0 saturated heterocycles. The Labute approximate surface area is 71.9 Å². The molecule has 12 heavy (non-hydrogen) atoms. The molecule has 0 aromatic carbocycles. The maximum absolute atomic E-state index is 10.4. The summed E-state index contributed by atoms with van der Waals surface area (Å²) in [6.45, 7) is 4.16. The molecule has 0 saturated carbocycles. The van der Waals surface area contributed by atoms with Crippen LogP contribution in [0.15, 0.2) is 23.9 Å². The van der Waals surface area contributed by atoms with Gasteiger partial charge in [0.2, 0.25) is 0 Å². The molecule has 1 aliphatic rings. The van der Waals surface area contributed by atoms with Gasteiger partial charge in [0, 0.05) is 6.08 Å². The Bertz CT molecular complexity index is 241. The average molecular weight is 167 g/mol. The van der Waals surface area contributed by atoms with Gasteiger partial charge in [0.15, 0.2) is 0 Å². The van der Waals surface area contributed by atoms with Gasteiger partial charge in [0.1, 0.15) is 0 Å². The van der Waals surface area contributed by atoms with Gasteiger partial charge in [0.05, 0.1) is 4.92 Å². The molecule has 3 heteroatoms. The third kappa shape index (κ3) is 1.94. The van der Waals surface area contributed by atoms with Gasteiger partial charge in [0.25, 0.3) is 5.70 Å². The van der Waals surface area contributed by atoms with Crippen molar-refractivity contribution in [1.82, 2.24) is 0 Å². The number of allylic oxidation sites excluding steroid dienone is 3. The summed E-state index contributed by atoms with van der Waals surface area (Å²) in [6, 6.07) is 0. The summed E-state index contributed by atoms with van der Waals surface area (Å²) < 4.78 is 0. The summed E-state index contributed by atoms with van der Waals surface area (Å²) in [6.07, 6.45) is 6.14. The molecule has 0 N–H and O–H groups in total. The number of rotatable bonds is 2. The fourth-order valence-electron chi connectivity index (χ4n) is 1.28. The van der Waals surface area contributed by atoms with Crippen LogP contribution < -0.4 is 0 Å². The van der Waals surface area contributed by atoms with Gasteiger partial charge in [-0.1, -0.05) is 19.9 Å². The predicted molar refractivity (Wildman–Crippen MR) is 47.2 cm³/mol. The largest absolute Gasteiger partial charge is 0.265 e. The Morgan fingerprint density at radius 1 is 1.67 bits per heavy atom. The first kappa shape index (κ1) is 8.97. The van der Waals surface area contributed by atoms with Gasteiger partial charge in [-0.05, 0) is 24.3 Å². The van der Waals surface area contributed by atoms with Crippen molar-refractivity contribution in [2.75, 3.05) is 0 Å². The van der Waals surface area contributed by atoms with Crippen molar-refractivity contribution >= 4 is 0 Å². The first-order chi connectivity index (χ1) is 5.61. The van der Waals surface area contributed by atoms with Crippen molar-refractivity contribution < 1.29 is 4.92 Å². The van der Waals surface area contributed by atoms with Gasteiger partial charge >= 0.3 is 0 Å². The molecule has 0 radical (unpaired) electrons. The van der Waals surface area contributed by atoms with E-state index in [2.05, 4.69) is 13.8 Å². The lowest BCUT2D eigenvalue weighted by Gasteiger charge is -2.16. The predicted octanol–water partition coefficient (Wildman–Crippen LogP) is 2.38. The lowest BCUT2D eigenvalue weighted by Crippen LogP contribution is -2.10. The van der Waals surface area contributed by atoms with Gasteiger partial charge < -0.3 is 0 Å². The molecule has 1 aliphatic carbocycles. The van der Waals surface area contributed by atoms with E-state index in [4.69, 9.17) is 0 Å². The molecule has 66 valence electrons. The number of hydrogen-bond acceptors (Lipinski definition) is 2. The van der Waals surface area contributed by atoms with Crippen LogP contribution in [0.2, 0.25) is 0 Å². The van der Waals surface area contributed by atoms with E-state index in [1.165, 1.54) is 0 Å². The summed E-state index contributed by atoms with van der Waals surface area (Å²) in [7, 11) is 0. The smallest absolute Gasteiger partial charge is 0.258 e. The van der Waals surface area contributed by atoms with E-state index < -0.39 is 0 Å². The van der Waals surface area contributed by atoms with E-state index in [9.17, 15) is 10.1 Å². The SMILES string of the molecule is CC(C)C1C=C([N+](=O)[O-])C=CC1. The zero-order valence-corrected chi connectivity index (χ0v) is 7.36. The lowest BCUT2D eigenvalue weighted by molar-refractivity contribution is -0.419. The highest BCUT2D eigenvalue weighted by Gasteiger charge is 2.18. The summed E-state index contributed by atoms with van der Waals surface area (Å²) in [5.74, 6) is 0.806. The normalized spacial score (nSPS) is 22.6. The second-order valence-corrected chi connectivity index (χ2v) is 3.39. The van der Waals surface area contributed by atoms with Crippen LogP contribution in [0.25, 0.3) is 0 Å². The van der Waals surface area contributed by atoms with Gasteiger partial charge in [-0.3, -0.25) is 10.1 Å². The second-order valence-electron chi connectivity index (χ2n) is 3.39. The van der Waals surface area contributed by atoms with Gasteiger partial charge in [-0.25, -0.2) is 0 Å². The van der Waals surface area contributed by atoms with E-state index in [1.807, 2.05) is 6.08 Å². The Morgan fingerprint density at radius 3 is 2.83 bits per heavy atom. The van der Waals surface area contributed by atoms with Crippen LogP contribution in [0.3, 0.4) is 0 Å². The lowest BCUT2D eigenvalue weighted by atomic mass is 9.89. The van der Waals surface area contributed by atoms with E-state index >= 15 is 0 Å². The molecule has 0 aromatic heterocycles. The van der Waals surface area contributed by atoms with Crippen molar-refractivity contribution in [2.24, 2.45) is 11.8 Å². The minimum absolute atomic E-state index is 0.236. The Kier molecular flexibility index (Phi) is 2.63. The Morgan fingerprint density at radius 2 is 2.33 bits per heavy atom. The van der Waals surface area contributed by atoms with Crippen LogP contribution in [-0.2, 0) is 0 Å². The minimum atomic E-state index is -0.328. The molecule has 0 bridgehead atoms. The van der Waals surface area contributed by atoms with Crippen molar-refractivity contribution in [3.05, 3.63) is 34.0 Å². The van der Waals surface area contributed by atoms with E-state index in [1.54, 1.807) is 12.2 Å². The molecule has 1 unspecified atom stereocenters. The van der Waals surface area contributed by atoms with Crippen LogP contribution in [0.1, 0.15) is 20.3 Å². The van der Waals surface area contributed by atoms with Crippen molar-refractivity contribution in [1.29, 1.82) is 0 Å². The molecule has 0 amide bonds. The Balaban J connectivity index is 2.75. The highest BCUT2D eigenvalue weighted by atomic mass is 16.6. The first-order valence-electron chi connectivity index (χ1n) is 4.14. The molecular weight excluding hydrogens is 154 g/mol. The summed E-state index contributed by atoms with van der Waals surface area (Å²) in [4.78, 5) is 10.1. The molecule has 0 heterocycles. The molecule has 3 nitrogen and oxygen atoms in total. The van der Waals surface area contributed by atoms with Crippen LogP contribution in [0.5, 0.6) is 0 Å². The van der Waals surface area contributed by atoms with Crippen molar-refractivity contribution in [3.8, 4) is 0 Å². The first-order valence-corrected chi connectivity index (χ1v) is 4.14. The topological polar surface area (TPSA) is 43.1 Å². The monoisotopic (exact) mass is 167 g/mol. The van der Waals surface area contributed by atoms with Crippen LogP contribution in [0, 0.1) is 22.0 Å². The number of hydrogen-bond donors (Lipinski definition) is 0. The number of nitrogens with zero attached hydrogens (tertiary/aromatic N) is 1. The summed E-state index contributed by atoms with van der Waals surface area (Å²) >= 11 is 0. The van der Waals surface area contributed by atoms with E-state index in [0.29, 0.717) is 11.8 Å². The Hall–Kier alpha value is -1.12. The number of nitro groups is 1. The van der Waals surface area contributed by atoms with Crippen molar-refractivity contribution in [3.63, 3.8) is 0 Å². The zero-order valence-electron chi connectivity index (χ0n) is 7.36. The van der Waals surface area contributed by atoms with E-state index in [-0.39, 0.29) is 10.6 Å². The zero-order chi connectivity index (χ0) is 9.14. The van der Waals surface area contributed by atoms with Gasteiger partial charge in [-0.2, -0.15) is 0 Å². The highest BCUT2D eigenvalue weighted by Crippen LogP contribution is 2.23. The van der Waals surface area contributed by atoms with Crippen LogP contribution >= 0.6 is 0 Å². The van der Waals surface area contributed by atoms with Crippen LogP contribution in [0.4, 0.5) is 0 Å².